The van der Waals surface area contributed by atoms with Gasteiger partial charge in [-0.15, -0.1) is 0 Å². The SMILES string of the molecule is Cc1cc(C(=O)Nc2nc3cc4c(cc3s2)OCCO4)nn1C(C)C. The number of hydrogen-bond donors (Lipinski definition) is 1. The van der Waals surface area contributed by atoms with Crippen LogP contribution in [0, 0.1) is 6.92 Å². The van der Waals surface area contributed by atoms with Gasteiger partial charge in [-0.1, -0.05) is 11.3 Å². The molecule has 130 valence electrons. The highest BCUT2D eigenvalue weighted by molar-refractivity contribution is 7.22. The van der Waals surface area contributed by atoms with E-state index in [-0.39, 0.29) is 11.9 Å². The summed E-state index contributed by atoms with van der Waals surface area (Å²) in [6.45, 7) is 7.07. The number of aryl methyl sites for hydroxylation is 1. The predicted octanol–water partition coefficient (Wildman–Crippen LogP) is 3.41. The van der Waals surface area contributed by atoms with E-state index in [4.69, 9.17) is 9.47 Å². The van der Waals surface area contributed by atoms with E-state index in [9.17, 15) is 4.79 Å². The standard InChI is InChI=1S/C17H18N4O3S/c1-9(2)21-10(3)6-12(20-21)16(22)19-17-18-11-7-13-14(8-15(11)25-17)24-5-4-23-13/h6-9H,4-5H2,1-3H3,(H,18,19,22). The first kappa shape index (κ1) is 15.9. The van der Waals surface area contributed by atoms with E-state index in [1.165, 1.54) is 11.3 Å². The van der Waals surface area contributed by atoms with E-state index in [2.05, 4.69) is 15.4 Å². The Morgan fingerprint density at radius 2 is 1.96 bits per heavy atom. The second-order valence-electron chi connectivity index (χ2n) is 6.15. The van der Waals surface area contributed by atoms with Crippen LogP contribution in [0.15, 0.2) is 18.2 Å². The summed E-state index contributed by atoms with van der Waals surface area (Å²) in [6.07, 6.45) is 0. The number of carbonyl (C=O) groups is 1. The van der Waals surface area contributed by atoms with Gasteiger partial charge >= 0.3 is 0 Å². The van der Waals surface area contributed by atoms with Crippen molar-refractivity contribution in [2.24, 2.45) is 0 Å². The van der Waals surface area contributed by atoms with Crippen LogP contribution >= 0.6 is 11.3 Å². The van der Waals surface area contributed by atoms with E-state index in [1.54, 1.807) is 6.07 Å². The fraction of sp³-hybridized carbons (Fsp3) is 0.353. The molecule has 0 atom stereocenters. The zero-order chi connectivity index (χ0) is 17.6. The minimum atomic E-state index is -0.265. The molecule has 0 bridgehead atoms. The summed E-state index contributed by atoms with van der Waals surface area (Å²) in [7, 11) is 0. The van der Waals surface area contributed by atoms with E-state index < -0.39 is 0 Å². The highest BCUT2D eigenvalue weighted by Gasteiger charge is 2.18. The molecule has 1 N–H and O–H groups in total. The van der Waals surface area contributed by atoms with Gasteiger partial charge < -0.3 is 9.47 Å². The maximum absolute atomic E-state index is 12.5. The van der Waals surface area contributed by atoms with Crippen LogP contribution in [-0.2, 0) is 0 Å². The Kier molecular flexibility index (Phi) is 3.84. The molecule has 4 rings (SSSR count). The van der Waals surface area contributed by atoms with Crippen molar-refractivity contribution < 1.29 is 14.3 Å². The largest absolute Gasteiger partial charge is 0.486 e. The van der Waals surface area contributed by atoms with Crippen LogP contribution in [0.3, 0.4) is 0 Å². The molecule has 3 heterocycles. The fourth-order valence-electron chi connectivity index (χ4n) is 2.80. The molecule has 0 radical (unpaired) electrons. The molecule has 1 aliphatic heterocycles. The number of nitrogens with one attached hydrogen (secondary N) is 1. The molecule has 2 aromatic heterocycles. The van der Waals surface area contributed by atoms with E-state index in [0.29, 0.717) is 35.5 Å². The van der Waals surface area contributed by atoms with Crippen molar-refractivity contribution in [3.05, 3.63) is 29.6 Å². The van der Waals surface area contributed by atoms with Crippen molar-refractivity contribution >= 4 is 32.6 Å². The molecule has 1 aliphatic rings. The van der Waals surface area contributed by atoms with Gasteiger partial charge in [0.05, 0.1) is 10.2 Å². The molecule has 8 heteroatoms. The number of ether oxygens (including phenoxy) is 2. The lowest BCUT2D eigenvalue weighted by Crippen LogP contribution is -2.15. The number of thiazole rings is 1. The second kappa shape index (κ2) is 6.03. The number of aromatic nitrogens is 3. The van der Waals surface area contributed by atoms with Gasteiger partial charge in [-0.25, -0.2) is 4.98 Å². The van der Waals surface area contributed by atoms with Gasteiger partial charge in [-0.2, -0.15) is 5.10 Å². The lowest BCUT2D eigenvalue weighted by molar-refractivity contribution is 0.102. The van der Waals surface area contributed by atoms with Gasteiger partial charge in [0.1, 0.15) is 13.2 Å². The molecule has 25 heavy (non-hydrogen) atoms. The van der Waals surface area contributed by atoms with Gasteiger partial charge in [-0.05, 0) is 26.8 Å². The summed E-state index contributed by atoms with van der Waals surface area (Å²) in [5, 5.41) is 7.72. The number of carbonyl (C=O) groups excluding carboxylic acids is 1. The molecule has 0 unspecified atom stereocenters. The Labute approximate surface area is 148 Å². The smallest absolute Gasteiger partial charge is 0.277 e. The maximum Gasteiger partial charge on any atom is 0.277 e. The third-order valence-electron chi connectivity index (χ3n) is 3.92. The van der Waals surface area contributed by atoms with Crippen LogP contribution in [0.25, 0.3) is 10.2 Å². The van der Waals surface area contributed by atoms with Crippen molar-refractivity contribution in [3.8, 4) is 11.5 Å². The summed E-state index contributed by atoms with van der Waals surface area (Å²) in [4.78, 5) is 16.9. The number of hydrogen-bond acceptors (Lipinski definition) is 6. The summed E-state index contributed by atoms with van der Waals surface area (Å²) >= 11 is 1.40. The summed E-state index contributed by atoms with van der Waals surface area (Å²) in [5.41, 5.74) is 2.11. The topological polar surface area (TPSA) is 78.3 Å². The maximum atomic E-state index is 12.5. The zero-order valence-electron chi connectivity index (χ0n) is 14.2. The van der Waals surface area contributed by atoms with Crippen molar-refractivity contribution in [1.29, 1.82) is 0 Å². The molecule has 0 fully saturated rings. The average molecular weight is 358 g/mol. The molecular weight excluding hydrogens is 340 g/mol. The molecular formula is C17H18N4O3S. The third kappa shape index (κ3) is 2.93. The van der Waals surface area contributed by atoms with E-state index in [0.717, 1.165) is 15.9 Å². The molecule has 0 saturated heterocycles. The van der Waals surface area contributed by atoms with E-state index >= 15 is 0 Å². The lowest BCUT2D eigenvalue weighted by atomic mass is 10.3. The Hall–Kier alpha value is -2.61. The highest BCUT2D eigenvalue weighted by Crippen LogP contribution is 2.37. The Balaban J connectivity index is 1.60. The summed E-state index contributed by atoms with van der Waals surface area (Å²) < 4.78 is 13.9. The van der Waals surface area contributed by atoms with Crippen LogP contribution in [0.1, 0.15) is 36.1 Å². The van der Waals surface area contributed by atoms with Crippen molar-refractivity contribution in [1.82, 2.24) is 14.8 Å². The Bertz CT molecular complexity index is 917. The number of rotatable bonds is 3. The van der Waals surface area contributed by atoms with Gasteiger partial charge in [0.25, 0.3) is 5.91 Å². The Morgan fingerprint density at radius 3 is 2.64 bits per heavy atom. The third-order valence-corrected chi connectivity index (χ3v) is 4.85. The summed E-state index contributed by atoms with van der Waals surface area (Å²) in [6, 6.07) is 5.72. The van der Waals surface area contributed by atoms with Crippen LogP contribution in [0.5, 0.6) is 11.5 Å². The number of fused-ring (bicyclic) bond motifs is 2. The molecule has 0 aliphatic carbocycles. The number of nitrogens with zero attached hydrogens (tertiary/aromatic N) is 3. The molecule has 1 aromatic carbocycles. The first-order valence-electron chi connectivity index (χ1n) is 8.09. The molecule has 3 aromatic rings. The molecule has 0 spiro atoms. The average Bonchev–Trinajstić information content (AvgIpc) is 3.15. The van der Waals surface area contributed by atoms with Crippen molar-refractivity contribution in [3.63, 3.8) is 0 Å². The van der Waals surface area contributed by atoms with Gasteiger partial charge in [-0.3, -0.25) is 14.8 Å². The number of benzene rings is 1. The van der Waals surface area contributed by atoms with Crippen LogP contribution in [0.4, 0.5) is 5.13 Å². The Morgan fingerprint density at radius 1 is 1.24 bits per heavy atom. The summed E-state index contributed by atoms with van der Waals surface area (Å²) in [5.74, 6) is 1.14. The quantitative estimate of drug-likeness (QED) is 0.776. The van der Waals surface area contributed by atoms with Crippen LogP contribution in [-0.4, -0.2) is 33.9 Å². The molecule has 1 amide bonds. The normalized spacial score (nSPS) is 13.4. The fourth-order valence-corrected chi connectivity index (χ4v) is 3.67. The monoisotopic (exact) mass is 358 g/mol. The van der Waals surface area contributed by atoms with Crippen molar-refractivity contribution in [2.75, 3.05) is 18.5 Å². The van der Waals surface area contributed by atoms with Crippen LogP contribution < -0.4 is 14.8 Å². The second-order valence-corrected chi connectivity index (χ2v) is 7.18. The first-order valence-corrected chi connectivity index (χ1v) is 8.90. The molecule has 0 saturated carbocycles. The number of amides is 1. The zero-order valence-corrected chi connectivity index (χ0v) is 15.0. The minimum absolute atomic E-state index is 0.204. The van der Waals surface area contributed by atoms with Crippen LogP contribution in [0.2, 0.25) is 0 Å². The van der Waals surface area contributed by atoms with Crippen molar-refractivity contribution in [2.45, 2.75) is 26.8 Å². The van der Waals surface area contributed by atoms with Gasteiger partial charge in [0.15, 0.2) is 22.3 Å². The minimum Gasteiger partial charge on any atom is -0.486 e. The van der Waals surface area contributed by atoms with Gasteiger partial charge in [0, 0.05) is 23.9 Å². The highest BCUT2D eigenvalue weighted by atomic mass is 32.1. The first-order chi connectivity index (χ1) is 12.0. The lowest BCUT2D eigenvalue weighted by Gasteiger charge is -2.17. The molecule has 7 nitrogen and oxygen atoms in total. The van der Waals surface area contributed by atoms with E-state index in [1.807, 2.05) is 37.6 Å². The predicted molar refractivity (Wildman–Crippen MR) is 95.9 cm³/mol. The van der Waals surface area contributed by atoms with Gasteiger partial charge in [0.2, 0.25) is 0 Å². The number of anilines is 1.